The number of hydrogen-bond donors (Lipinski definition) is 3. The molecule has 1 heterocycles. The van der Waals surface area contributed by atoms with Crippen molar-refractivity contribution in [3.63, 3.8) is 0 Å². The first-order chi connectivity index (χ1) is 7.09. The highest BCUT2D eigenvalue weighted by molar-refractivity contribution is 5.83. The molecule has 5 nitrogen and oxygen atoms in total. The molecule has 86 valence electrons. The van der Waals surface area contributed by atoms with Gasteiger partial charge in [-0.15, -0.1) is 0 Å². The maximum absolute atomic E-state index is 11.4. The number of carboxylic acids is 1. The smallest absolute Gasteiger partial charge is 0.325 e. The third-order valence-electron chi connectivity index (χ3n) is 2.68. The number of amides is 1. The van der Waals surface area contributed by atoms with Gasteiger partial charge in [0, 0.05) is 6.42 Å². The van der Waals surface area contributed by atoms with Crippen LogP contribution in [0.1, 0.15) is 26.2 Å². The van der Waals surface area contributed by atoms with Gasteiger partial charge in [0.15, 0.2) is 0 Å². The maximum Gasteiger partial charge on any atom is 0.325 e. The molecule has 15 heavy (non-hydrogen) atoms. The van der Waals surface area contributed by atoms with E-state index in [1.165, 1.54) is 6.92 Å². The zero-order valence-corrected chi connectivity index (χ0v) is 8.95. The van der Waals surface area contributed by atoms with Gasteiger partial charge in [-0.3, -0.25) is 9.59 Å². The van der Waals surface area contributed by atoms with Gasteiger partial charge in [0.25, 0.3) is 0 Å². The average molecular weight is 214 g/mol. The highest BCUT2D eigenvalue weighted by atomic mass is 16.4. The summed E-state index contributed by atoms with van der Waals surface area (Å²) in [5, 5.41) is 14.3. The summed E-state index contributed by atoms with van der Waals surface area (Å²) < 4.78 is 0. The number of piperidine rings is 1. The van der Waals surface area contributed by atoms with E-state index in [1.807, 2.05) is 0 Å². The van der Waals surface area contributed by atoms with Crippen LogP contribution < -0.4 is 10.6 Å². The molecule has 0 aromatic heterocycles. The summed E-state index contributed by atoms with van der Waals surface area (Å²) in [5.74, 6) is -0.752. The fourth-order valence-electron chi connectivity index (χ4n) is 1.71. The highest BCUT2D eigenvalue weighted by Gasteiger charge is 2.19. The van der Waals surface area contributed by atoms with Crippen LogP contribution in [0.15, 0.2) is 0 Å². The van der Waals surface area contributed by atoms with E-state index < -0.39 is 12.0 Å². The van der Waals surface area contributed by atoms with Crippen LogP contribution in [0, 0.1) is 5.92 Å². The number of carbonyl (C=O) groups is 2. The molecule has 5 heteroatoms. The average Bonchev–Trinajstić information content (AvgIpc) is 2.18. The zero-order chi connectivity index (χ0) is 11.3. The molecule has 0 aromatic carbocycles. The Kier molecular flexibility index (Phi) is 4.55. The number of nitrogens with one attached hydrogen (secondary N) is 2. The standard InChI is InChI=1S/C10H18N2O3/c1-7(10(14)15)12-9(13)6-8-2-4-11-5-3-8/h7-8,11H,2-6H2,1H3,(H,12,13)(H,14,15)/t7-/m1/s1. The van der Waals surface area contributed by atoms with Crippen LogP contribution in [0.2, 0.25) is 0 Å². The molecular formula is C10H18N2O3. The summed E-state index contributed by atoms with van der Waals surface area (Å²) in [6, 6.07) is -0.792. The Balaban J connectivity index is 2.25. The lowest BCUT2D eigenvalue weighted by Gasteiger charge is -2.22. The maximum atomic E-state index is 11.4. The molecule has 0 aliphatic carbocycles. The Morgan fingerprint density at radius 3 is 2.60 bits per heavy atom. The van der Waals surface area contributed by atoms with E-state index in [1.54, 1.807) is 0 Å². The second kappa shape index (κ2) is 5.70. The van der Waals surface area contributed by atoms with E-state index in [9.17, 15) is 9.59 Å². The molecule has 1 fully saturated rings. The molecule has 0 radical (unpaired) electrons. The molecule has 1 aliphatic rings. The summed E-state index contributed by atoms with van der Waals surface area (Å²) in [6.45, 7) is 3.38. The molecule has 1 rings (SSSR count). The lowest BCUT2D eigenvalue weighted by Crippen LogP contribution is -2.40. The van der Waals surface area contributed by atoms with Gasteiger partial charge in [-0.2, -0.15) is 0 Å². The predicted octanol–water partition coefficient (Wildman–Crippen LogP) is -0.0346. The number of hydrogen-bond acceptors (Lipinski definition) is 3. The van der Waals surface area contributed by atoms with E-state index >= 15 is 0 Å². The van der Waals surface area contributed by atoms with Gasteiger partial charge in [-0.05, 0) is 38.8 Å². The van der Waals surface area contributed by atoms with Crippen molar-refractivity contribution in [3.8, 4) is 0 Å². The van der Waals surface area contributed by atoms with E-state index in [0.717, 1.165) is 25.9 Å². The molecule has 0 bridgehead atoms. The van der Waals surface area contributed by atoms with E-state index in [2.05, 4.69) is 10.6 Å². The van der Waals surface area contributed by atoms with Crippen LogP contribution in [0.25, 0.3) is 0 Å². The molecule has 0 spiro atoms. The molecule has 1 saturated heterocycles. The summed E-state index contributed by atoms with van der Waals surface area (Å²) in [6.07, 6.45) is 2.43. The van der Waals surface area contributed by atoms with Crippen molar-refractivity contribution in [3.05, 3.63) is 0 Å². The minimum absolute atomic E-state index is 0.156. The number of carbonyl (C=O) groups excluding carboxylic acids is 1. The van der Waals surface area contributed by atoms with Gasteiger partial charge in [-0.1, -0.05) is 0 Å². The quantitative estimate of drug-likeness (QED) is 0.614. The molecule has 1 atom stereocenters. The second-order valence-electron chi connectivity index (χ2n) is 4.02. The van der Waals surface area contributed by atoms with Gasteiger partial charge in [-0.25, -0.2) is 0 Å². The zero-order valence-electron chi connectivity index (χ0n) is 8.95. The van der Waals surface area contributed by atoms with Gasteiger partial charge in [0.05, 0.1) is 0 Å². The summed E-state index contributed by atoms with van der Waals surface area (Å²) in [4.78, 5) is 21.9. The first-order valence-corrected chi connectivity index (χ1v) is 5.32. The molecule has 0 aromatic rings. The molecular weight excluding hydrogens is 196 g/mol. The lowest BCUT2D eigenvalue weighted by molar-refractivity contribution is -0.141. The van der Waals surface area contributed by atoms with Gasteiger partial charge in [0.2, 0.25) is 5.91 Å². The Bertz CT molecular complexity index is 237. The van der Waals surface area contributed by atoms with E-state index in [0.29, 0.717) is 12.3 Å². The third-order valence-corrected chi connectivity index (χ3v) is 2.68. The largest absolute Gasteiger partial charge is 0.480 e. The Labute approximate surface area is 89.2 Å². The van der Waals surface area contributed by atoms with Crippen LogP contribution in [0.5, 0.6) is 0 Å². The second-order valence-corrected chi connectivity index (χ2v) is 4.02. The molecule has 0 unspecified atom stereocenters. The highest BCUT2D eigenvalue weighted by Crippen LogP contribution is 2.15. The summed E-state index contributed by atoms with van der Waals surface area (Å²) >= 11 is 0. The van der Waals surface area contributed by atoms with E-state index in [-0.39, 0.29) is 5.91 Å². The van der Waals surface area contributed by atoms with Gasteiger partial charge in [0.1, 0.15) is 6.04 Å². The Hall–Kier alpha value is -1.10. The van der Waals surface area contributed by atoms with Crippen molar-refractivity contribution in [2.24, 2.45) is 5.92 Å². The number of carboxylic acid groups (broad SMARTS) is 1. The summed E-state index contributed by atoms with van der Waals surface area (Å²) in [5.41, 5.74) is 0. The molecule has 0 saturated carbocycles. The van der Waals surface area contributed by atoms with E-state index in [4.69, 9.17) is 5.11 Å². The minimum atomic E-state index is -0.992. The minimum Gasteiger partial charge on any atom is -0.480 e. The van der Waals surface area contributed by atoms with Crippen LogP contribution in [-0.4, -0.2) is 36.1 Å². The van der Waals surface area contributed by atoms with Crippen molar-refractivity contribution in [1.82, 2.24) is 10.6 Å². The molecule has 3 N–H and O–H groups in total. The van der Waals surface area contributed by atoms with Crippen LogP contribution in [-0.2, 0) is 9.59 Å². The first kappa shape index (κ1) is 12.0. The Morgan fingerprint density at radius 2 is 2.07 bits per heavy atom. The third kappa shape index (κ3) is 4.29. The SMILES string of the molecule is C[C@@H](NC(=O)CC1CCNCC1)C(=O)O. The summed E-state index contributed by atoms with van der Waals surface area (Å²) in [7, 11) is 0. The number of rotatable bonds is 4. The predicted molar refractivity (Wildman–Crippen MR) is 55.5 cm³/mol. The van der Waals surface area contributed by atoms with Gasteiger partial charge < -0.3 is 15.7 Å². The van der Waals surface area contributed by atoms with Crippen LogP contribution in [0.3, 0.4) is 0 Å². The van der Waals surface area contributed by atoms with Crippen molar-refractivity contribution in [2.75, 3.05) is 13.1 Å². The fourth-order valence-corrected chi connectivity index (χ4v) is 1.71. The molecule has 1 aliphatic heterocycles. The normalized spacial score (nSPS) is 19.5. The fraction of sp³-hybridized carbons (Fsp3) is 0.800. The monoisotopic (exact) mass is 214 g/mol. The van der Waals surface area contributed by atoms with Crippen molar-refractivity contribution in [1.29, 1.82) is 0 Å². The van der Waals surface area contributed by atoms with Crippen molar-refractivity contribution in [2.45, 2.75) is 32.2 Å². The Morgan fingerprint density at radius 1 is 1.47 bits per heavy atom. The van der Waals surface area contributed by atoms with Crippen molar-refractivity contribution < 1.29 is 14.7 Å². The van der Waals surface area contributed by atoms with Crippen molar-refractivity contribution >= 4 is 11.9 Å². The first-order valence-electron chi connectivity index (χ1n) is 5.32. The lowest BCUT2D eigenvalue weighted by atomic mass is 9.94. The molecule has 1 amide bonds. The van der Waals surface area contributed by atoms with Crippen LogP contribution >= 0.6 is 0 Å². The van der Waals surface area contributed by atoms with Crippen LogP contribution in [0.4, 0.5) is 0 Å². The van der Waals surface area contributed by atoms with Gasteiger partial charge >= 0.3 is 5.97 Å². The topological polar surface area (TPSA) is 78.4 Å². The number of aliphatic carboxylic acids is 1.